The Kier molecular flexibility index (Phi) is 12.8. The first kappa shape index (κ1) is 38.0. The lowest BCUT2D eigenvalue weighted by atomic mass is 9.99. The Balaban J connectivity index is 1.20. The van der Waals surface area contributed by atoms with Gasteiger partial charge in [0.15, 0.2) is 6.29 Å². The molecule has 1 fully saturated rings. The molecule has 0 aliphatic carbocycles. The Morgan fingerprint density at radius 1 is 0.887 bits per heavy atom. The maximum Gasteiger partial charge on any atom is 0.242 e. The van der Waals surface area contributed by atoms with Crippen molar-refractivity contribution in [3.05, 3.63) is 161 Å². The third-order valence-corrected chi connectivity index (χ3v) is 10.7. The van der Waals surface area contributed by atoms with Gasteiger partial charge in [0.2, 0.25) is 15.9 Å². The molecule has 11 heteroatoms. The van der Waals surface area contributed by atoms with Gasteiger partial charge in [0.25, 0.3) is 0 Å². The number of benzene rings is 4. The Bertz CT molecular complexity index is 2030. The molecule has 0 radical (unpaired) electrons. The maximum absolute atomic E-state index is 13.9. The fraction of sp³-hybridized carbons (Fsp3) is 0.286. The number of nitrogens with one attached hydrogen (secondary N) is 2. The highest BCUT2D eigenvalue weighted by Crippen LogP contribution is 2.38. The number of carbonyl (C=O) groups is 1. The minimum Gasteiger partial charge on any atom is -0.392 e. The van der Waals surface area contributed by atoms with Crippen LogP contribution in [0.5, 0.6) is 0 Å². The van der Waals surface area contributed by atoms with Gasteiger partial charge in [-0.15, -0.1) is 0 Å². The number of ether oxygens (including phenoxy) is 2. The van der Waals surface area contributed by atoms with E-state index in [4.69, 9.17) is 9.47 Å². The molecule has 0 saturated carbocycles. The fourth-order valence-electron chi connectivity index (χ4n) is 6.33. The van der Waals surface area contributed by atoms with Crippen molar-refractivity contribution in [1.29, 1.82) is 0 Å². The van der Waals surface area contributed by atoms with Crippen molar-refractivity contribution in [1.82, 2.24) is 14.6 Å². The van der Waals surface area contributed by atoms with E-state index in [1.807, 2.05) is 91.9 Å². The van der Waals surface area contributed by atoms with Crippen LogP contribution in [0.15, 0.2) is 132 Å². The van der Waals surface area contributed by atoms with Crippen LogP contribution in [0.4, 0.5) is 5.69 Å². The maximum atomic E-state index is 13.9. The molecule has 53 heavy (non-hydrogen) atoms. The summed E-state index contributed by atoms with van der Waals surface area (Å²) in [4.78, 5) is 20.6. The zero-order valence-corrected chi connectivity index (χ0v) is 30.8. The van der Waals surface area contributed by atoms with Crippen molar-refractivity contribution >= 4 is 21.6 Å². The van der Waals surface area contributed by atoms with E-state index in [9.17, 15) is 18.3 Å². The minimum atomic E-state index is -4.00. The zero-order chi connectivity index (χ0) is 37.2. The van der Waals surface area contributed by atoms with Gasteiger partial charge in [-0.05, 0) is 73.5 Å². The fourth-order valence-corrected chi connectivity index (χ4v) is 7.52. The van der Waals surface area contributed by atoms with Crippen molar-refractivity contribution in [3.8, 4) is 0 Å². The highest BCUT2D eigenvalue weighted by molar-refractivity contribution is 7.89. The lowest BCUT2D eigenvalue weighted by Gasteiger charge is -2.38. The standard InChI is InChI=1S/C42H46N4O6S/c1-30-14-20-38(21-15-30)53(49,50)45-39(25-31-9-4-3-5-10-31)41(48)44-36-13-8-11-34(26-36)42-51-37(28-46(2)24-22-35-12-6-7-23-43-35)27-40(52-42)33-18-16-32(29-47)17-19-33/h3-21,23,26,37,39-40,42,45,47H,22,24-25,27-29H2,1-2H3,(H,44,48)/t37-,39-,40+,42+/m1/s1. The van der Waals surface area contributed by atoms with E-state index in [1.54, 1.807) is 30.5 Å². The second kappa shape index (κ2) is 17.8. The summed E-state index contributed by atoms with van der Waals surface area (Å²) in [5, 5.41) is 12.5. The van der Waals surface area contributed by atoms with Crippen molar-refractivity contribution in [2.75, 3.05) is 25.5 Å². The van der Waals surface area contributed by atoms with Gasteiger partial charge >= 0.3 is 0 Å². The highest BCUT2D eigenvalue weighted by atomic mass is 32.2. The summed E-state index contributed by atoms with van der Waals surface area (Å²) in [6.07, 6.45) is 2.20. The number of nitrogens with zero attached hydrogens (tertiary/aromatic N) is 2. The number of sulfonamides is 1. The number of likely N-dealkylation sites (N-methyl/N-ethyl adjacent to an activating group) is 1. The monoisotopic (exact) mass is 734 g/mol. The summed E-state index contributed by atoms with van der Waals surface area (Å²) in [5.41, 5.74) is 5.75. The molecule has 0 unspecified atom stereocenters. The molecule has 0 spiro atoms. The number of aryl methyl sites for hydroxylation is 1. The Hall–Kier alpha value is -4.75. The van der Waals surface area contributed by atoms with Gasteiger partial charge in [0.1, 0.15) is 6.04 Å². The molecule has 10 nitrogen and oxygen atoms in total. The van der Waals surface area contributed by atoms with E-state index in [0.29, 0.717) is 24.2 Å². The predicted molar refractivity (Wildman–Crippen MR) is 204 cm³/mol. The van der Waals surface area contributed by atoms with Gasteiger partial charge in [-0.1, -0.05) is 90.5 Å². The van der Waals surface area contributed by atoms with Crippen molar-refractivity contribution in [2.24, 2.45) is 0 Å². The molecule has 1 aliphatic rings. The number of rotatable bonds is 15. The van der Waals surface area contributed by atoms with E-state index >= 15 is 0 Å². The molecule has 4 atom stereocenters. The van der Waals surface area contributed by atoms with Gasteiger partial charge < -0.3 is 24.8 Å². The third-order valence-electron chi connectivity index (χ3n) is 9.26. The molecule has 1 amide bonds. The molecule has 2 heterocycles. The number of hydrogen-bond acceptors (Lipinski definition) is 8. The average molecular weight is 735 g/mol. The van der Waals surface area contributed by atoms with Crippen LogP contribution in [0.1, 0.15) is 52.3 Å². The van der Waals surface area contributed by atoms with Crippen molar-refractivity contribution in [2.45, 2.75) is 62.2 Å². The summed E-state index contributed by atoms with van der Waals surface area (Å²) in [5.74, 6) is -0.499. The largest absolute Gasteiger partial charge is 0.392 e. The highest BCUT2D eigenvalue weighted by Gasteiger charge is 2.33. The van der Waals surface area contributed by atoms with Gasteiger partial charge in [-0.2, -0.15) is 4.72 Å². The molecular weight excluding hydrogens is 689 g/mol. The van der Waals surface area contributed by atoms with Crippen molar-refractivity contribution in [3.63, 3.8) is 0 Å². The second-order valence-electron chi connectivity index (χ2n) is 13.5. The number of amides is 1. The van der Waals surface area contributed by atoms with E-state index in [-0.39, 0.29) is 30.1 Å². The SMILES string of the molecule is Cc1ccc(S(=O)(=O)N[C@H](Cc2ccccc2)C(=O)Nc2cccc([C@H]3O[C@@H](CN(C)CCc4ccccn4)C[C@@H](c4ccc(CO)cc4)O3)c2)cc1. The Morgan fingerprint density at radius 3 is 2.36 bits per heavy atom. The smallest absolute Gasteiger partial charge is 0.242 e. The molecule has 6 rings (SSSR count). The molecule has 5 aromatic rings. The minimum absolute atomic E-state index is 0.0423. The summed E-state index contributed by atoms with van der Waals surface area (Å²) < 4.78 is 42.6. The zero-order valence-electron chi connectivity index (χ0n) is 30.0. The van der Waals surface area contributed by atoms with E-state index in [2.05, 4.69) is 27.0 Å². The Morgan fingerprint density at radius 2 is 1.64 bits per heavy atom. The molecule has 276 valence electrons. The van der Waals surface area contributed by atoms with E-state index in [0.717, 1.165) is 40.9 Å². The molecule has 0 bridgehead atoms. The van der Waals surface area contributed by atoms with E-state index < -0.39 is 28.3 Å². The Labute approximate surface area is 311 Å². The van der Waals surface area contributed by atoms with Crippen LogP contribution in [0.3, 0.4) is 0 Å². The molecular formula is C42H46N4O6S. The van der Waals surface area contributed by atoms with Crippen LogP contribution in [-0.2, 0) is 43.7 Å². The first-order valence-electron chi connectivity index (χ1n) is 17.8. The quantitative estimate of drug-likeness (QED) is 0.117. The molecule has 3 N–H and O–H groups in total. The number of aromatic nitrogens is 1. The molecule has 1 aliphatic heterocycles. The number of pyridine rings is 1. The van der Waals surface area contributed by atoms with Gasteiger partial charge in [-0.3, -0.25) is 9.78 Å². The van der Waals surface area contributed by atoms with Gasteiger partial charge in [0, 0.05) is 49.1 Å². The lowest BCUT2D eigenvalue weighted by molar-refractivity contribution is -0.252. The predicted octanol–water partition coefficient (Wildman–Crippen LogP) is 6.13. The third kappa shape index (κ3) is 10.7. The van der Waals surface area contributed by atoms with Crippen LogP contribution < -0.4 is 10.0 Å². The summed E-state index contributed by atoms with van der Waals surface area (Å²) in [7, 11) is -1.94. The summed E-state index contributed by atoms with van der Waals surface area (Å²) >= 11 is 0. The number of aliphatic hydroxyl groups is 1. The second-order valence-corrected chi connectivity index (χ2v) is 15.2. The number of carbonyl (C=O) groups excluding carboxylic acids is 1. The molecule has 1 saturated heterocycles. The average Bonchev–Trinajstić information content (AvgIpc) is 3.18. The number of anilines is 1. The first-order chi connectivity index (χ1) is 25.6. The van der Waals surface area contributed by atoms with Gasteiger partial charge in [0.05, 0.1) is 23.7 Å². The normalized spacial score (nSPS) is 18.1. The van der Waals surface area contributed by atoms with Crippen LogP contribution in [0.25, 0.3) is 0 Å². The van der Waals surface area contributed by atoms with Crippen LogP contribution in [0.2, 0.25) is 0 Å². The topological polar surface area (TPSA) is 130 Å². The van der Waals surface area contributed by atoms with Crippen LogP contribution >= 0.6 is 0 Å². The molecule has 4 aromatic carbocycles. The molecule has 1 aromatic heterocycles. The summed E-state index contributed by atoms with van der Waals surface area (Å²) in [6, 6.07) is 35.6. The number of hydrogen-bond donors (Lipinski definition) is 3. The van der Waals surface area contributed by atoms with E-state index in [1.165, 1.54) is 12.1 Å². The first-order valence-corrected chi connectivity index (χ1v) is 19.3. The summed E-state index contributed by atoms with van der Waals surface area (Å²) in [6.45, 7) is 3.31. The van der Waals surface area contributed by atoms with Gasteiger partial charge in [-0.25, -0.2) is 8.42 Å². The lowest BCUT2D eigenvalue weighted by Crippen LogP contribution is -2.45. The van der Waals surface area contributed by atoms with Crippen LogP contribution in [-0.4, -0.2) is 61.6 Å². The van der Waals surface area contributed by atoms with Crippen molar-refractivity contribution < 1.29 is 27.8 Å². The number of aliphatic hydroxyl groups excluding tert-OH is 1. The van der Waals surface area contributed by atoms with Crippen LogP contribution in [0, 0.1) is 6.92 Å².